The molecule has 0 aromatic heterocycles. The fraction of sp³-hybridized carbons (Fsp3) is 0.188. The molecule has 0 saturated heterocycles. The number of hydrogen-bond donors (Lipinski definition) is 1. The second-order valence-corrected chi connectivity index (χ2v) is 4.82. The molecule has 1 aliphatic carbocycles. The van der Waals surface area contributed by atoms with Crippen molar-refractivity contribution in [3.63, 3.8) is 0 Å². The number of rotatable bonds is 2. The van der Waals surface area contributed by atoms with E-state index in [2.05, 4.69) is 6.07 Å². The van der Waals surface area contributed by atoms with Crippen LogP contribution in [0.15, 0.2) is 54.6 Å². The van der Waals surface area contributed by atoms with Gasteiger partial charge >= 0.3 is 0 Å². The second-order valence-electron chi connectivity index (χ2n) is 4.82. The zero-order valence-corrected chi connectivity index (χ0v) is 10.0. The fourth-order valence-electron chi connectivity index (χ4n) is 2.48. The Morgan fingerprint density at radius 2 is 1.83 bits per heavy atom. The van der Waals surface area contributed by atoms with E-state index in [1.54, 1.807) is 0 Å². The first kappa shape index (κ1) is 11.2. The van der Waals surface area contributed by atoms with Crippen LogP contribution in [-0.2, 0) is 0 Å². The summed E-state index contributed by atoms with van der Waals surface area (Å²) in [6.07, 6.45) is 4.58. The maximum absolute atomic E-state index is 12.3. The lowest BCUT2D eigenvalue weighted by Gasteiger charge is -2.09. The number of nitrogens with two attached hydrogens (primary N) is 1. The van der Waals surface area contributed by atoms with Gasteiger partial charge < -0.3 is 5.73 Å². The van der Waals surface area contributed by atoms with E-state index in [4.69, 9.17) is 5.73 Å². The SMILES string of the molecule is NC1C=CC(C(=O)c2ccc3ccccc3c2)C1. The van der Waals surface area contributed by atoms with Crippen molar-refractivity contribution >= 4 is 16.6 Å². The van der Waals surface area contributed by atoms with E-state index in [9.17, 15) is 4.79 Å². The van der Waals surface area contributed by atoms with Gasteiger partial charge in [0.2, 0.25) is 0 Å². The van der Waals surface area contributed by atoms with Gasteiger partial charge in [-0.25, -0.2) is 0 Å². The van der Waals surface area contributed by atoms with E-state index in [0.717, 1.165) is 22.8 Å². The first-order valence-corrected chi connectivity index (χ1v) is 6.21. The third-order valence-corrected chi connectivity index (χ3v) is 3.49. The highest BCUT2D eigenvalue weighted by atomic mass is 16.1. The molecule has 2 aromatic carbocycles. The van der Waals surface area contributed by atoms with Gasteiger partial charge in [-0.05, 0) is 23.3 Å². The van der Waals surface area contributed by atoms with E-state index in [0.29, 0.717) is 0 Å². The molecule has 0 aliphatic heterocycles. The predicted molar refractivity (Wildman–Crippen MR) is 73.5 cm³/mol. The molecule has 2 N–H and O–H groups in total. The van der Waals surface area contributed by atoms with Crippen LogP contribution < -0.4 is 5.73 Å². The highest BCUT2D eigenvalue weighted by Gasteiger charge is 2.23. The Balaban J connectivity index is 1.94. The summed E-state index contributed by atoms with van der Waals surface area (Å²) in [5.74, 6) is 0.117. The molecule has 2 unspecified atom stereocenters. The highest BCUT2D eigenvalue weighted by Crippen LogP contribution is 2.23. The van der Waals surface area contributed by atoms with Crippen molar-refractivity contribution in [3.05, 3.63) is 60.2 Å². The Morgan fingerprint density at radius 3 is 2.56 bits per heavy atom. The lowest BCUT2D eigenvalue weighted by Crippen LogP contribution is -2.19. The Morgan fingerprint density at radius 1 is 1.06 bits per heavy atom. The van der Waals surface area contributed by atoms with Crippen LogP contribution in [0.4, 0.5) is 0 Å². The molecular weight excluding hydrogens is 222 g/mol. The van der Waals surface area contributed by atoms with Crippen LogP contribution >= 0.6 is 0 Å². The van der Waals surface area contributed by atoms with Crippen LogP contribution in [0, 0.1) is 5.92 Å². The van der Waals surface area contributed by atoms with E-state index in [1.807, 2.05) is 48.6 Å². The number of benzene rings is 2. The van der Waals surface area contributed by atoms with E-state index in [-0.39, 0.29) is 17.7 Å². The van der Waals surface area contributed by atoms with Crippen molar-refractivity contribution in [1.29, 1.82) is 0 Å². The molecule has 0 bridgehead atoms. The van der Waals surface area contributed by atoms with Gasteiger partial charge in [-0.15, -0.1) is 0 Å². The number of hydrogen-bond acceptors (Lipinski definition) is 2. The molecule has 2 aromatic rings. The van der Waals surface area contributed by atoms with Crippen molar-refractivity contribution in [3.8, 4) is 0 Å². The third-order valence-electron chi connectivity index (χ3n) is 3.49. The summed E-state index contributed by atoms with van der Waals surface area (Å²) in [6, 6.07) is 14.0. The summed E-state index contributed by atoms with van der Waals surface area (Å²) < 4.78 is 0. The first-order chi connectivity index (χ1) is 8.74. The number of ketones is 1. The quantitative estimate of drug-likeness (QED) is 0.644. The lowest BCUT2D eigenvalue weighted by atomic mass is 9.95. The molecule has 0 heterocycles. The van der Waals surface area contributed by atoms with Gasteiger partial charge in [0.25, 0.3) is 0 Å². The molecule has 90 valence electrons. The predicted octanol–water partition coefficient (Wildman–Crippen LogP) is 2.93. The van der Waals surface area contributed by atoms with Crippen LogP contribution in [0.3, 0.4) is 0 Å². The van der Waals surface area contributed by atoms with Gasteiger partial charge in [0.1, 0.15) is 0 Å². The Kier molecular flexibility index (Phi) is 2.73. The van der Waals surface area contributed by atoms with Crippen LogP contribution in [0.25, 0.3) is 10.8 Å². The molecule has 2 nitrogen and oxygen atoms in total. The molecule has 0 amide bonds. The average Bonchev–Trinajstić information content (AvgIpc) is 2.84. The van der Waals surface area contributed by atoms with Crippen LogP contribution in [0.5, 0.6) is 0 Å². The Labute approximate surface area is 106 Å². The van der Waals surface area contributed by atoms with Crippen LogP contribution in [0.1, 0.15) is 16.8 Å². The highest BCUT2D eigenvalue weighted by molar-refractivity contribution is 6.02. The van der Waals surface area contributed by atoms with Gasteiger partial charge in [0, 0.05) is 17.5 Å². The molecule has 0 spiro atoms. The number of allylic oxidation sites excluding steroid dienone is 1. The molecule has 18 heavy (non-hydrogen) atoms. The molecule has 3 rings (SSSR count). The first-order valence-electron chi connectivity index (χ1n) is 6.21. The third kappa shape index (κ3) is 1.95. The number of carbonyl (C=O) groups excluding carboxylic acids is 1. The zero-order valence-electron chi connectivity index (χ0n) is 10.0. The lowest BCUT2D eigenvalue weighted by molar-refractivity contribution is 0.0943. The van der Waals surface area contributed by atoms with Gasteiger partial charge in [-0.1, -0.05) is 48.6 Å². The molecule has 2 atom stereocenters. The number of Topliss-reactive ketones (excluding diaryl/α,β-unsaturated/α-hetero) is 1. The van der Waals surface area contributed by atoms with Crippen LogP contribution in [0.2, 0.25) is 0 Å². The minimum atomic E-state index is -0.0545. The monoisotopic (exact) mass is 237 g/mol. The Hall–Kier alpha value is -1.93. The summed E-state index contributed by atoms with van der Waals surface area (Å²) in [5, 5.41) is 2.27. The maximum atomic E-state index is 12.3. The second kappa shape index (κ2) is 4.39. The van der Waals surface area contributed by atoms with Crippen molar-refractivity contribution < 1.29 is 4.79 Å². The van der Waals surface area contributed by atoms with Gasteiger partial charge in [0.05, 0.1) is 0 Å². The average molecular weight is 237 g/mol. The van der Waals surface area contributed by atoms with Gasteiger partial charge in [0.15, 0.2) is 5.78 Å². The van der Waals surface area contributed by atoms with E-state index >= 15 is 0 Å². The summed E-state index contributed by atoms with van der Waals surface area (Å²) in [5.41, 5.74) is 6.57. The largest absolute Gasteiger partial charge is 0.324 e. The molecule has 1 aliphatic rings. The topological polar surface area (TPSA) is 43.1 Å². The molecule has 0 saturated carbocycles. The summed E-state index contributed by atoms with van der Waals surface area (Å²) in [6.45, 7) is 0. The molecule has 0 fully saturated rings. The minimum absolute atomic E-state index is 0.0272. The minimum Gasteiger partial charge on any atom is -0.324 e. The molecule has 0 radical (unpaired) electrons. The van der Waals surface area contributed by atoms with Crippen LogP contribution in [-0.4, -0.2) is 11.8 Å². The van der Waals surface area contributed by atoms with E-state index in [1.165, 1.54) is 0 Å². The standard InChI is InChI=1S/C16H15NO/c17-15-8-7-14(10-15)16(18)13-6-5-11-3-1-2-4-12(11)9-13/h1-9,14-15H,10,17H2. The fourth-order valence-corrected chi connectivity index (χ4v) is 2.48. The summed E-state index contributed by atoms with van der Waals surface area (Å²) in [4.78, 5) is 12.3. The summed E-state index contributed by atoms with van der Waals surface area (Å²) in [7, 11) is 0. The molecule has 2 heteroatoms. The Bertz CT molecular complexity index is 630. The van der Waals surface area contributed by atoms with Crippen molar-refractivity contribution in [2.75, 3.05) is 0 Å². The van der Waals surface area contributed by atoms with Crippen molar-refractivity contribution in [1.82, 2.24) is 0 Å². The normalized spacial score (nSPS) is 22.5. The maximum Gasteiger partial charge on any atom is 0.169 e. The smallest absolute Gasteiger partial charge is 0.169 e. The van der Waals surface area contributed by atoms with Gasteiger partial charge in [-0.3, -0.25) is 4.79 Å². The molecular formula is C16H15NO. The zero-order chi connectivity index (χ0) is 12.5. The van der Waals surface area contributed by atoms with E-state index < -0.39 is 0 Å². The number of carbonyl (C=O) groups is 1. The van der Waals surface area contributed by atoms with Crippen molar-refractivity contribution in [2.45, 2.75) is 12.5 Å². The van der Waals surface area contributed by atoms with Crippen molar-refractivity contribution in [2.24, 2.45) is 11.7 Å². The van der Waals surface area contributed by atoms with Gasteiger partial charge in [-0.2, -0.15) is 0 Å². The summed E-state index contributed by atoms with van der Waals surface area (Å²) >= 11 is 0. The number of fused-ring (bicyclic) bond motifs is 1.